The minimum Gasteiger partial charge on any atom is -0.381 e. The third-order valence-electron chi connectivity index (χ3n) is 3.15. The number of benzene rings is 2. The van der Waals surface area contributed by atoms with E-state index < -0.39 is 17.5 Å². The van der Waals surface area contributed by atoms with Crippen molar-refractivity contribution in [3.8, 4) is 0 Å². The molecule has 0 bridgehead atoms. The monoisotopic (exact) mass is 279 g/mol. The van der Waals surface area contributed by atoms with Crippen LogP contribution in [0, 0.1) is 17.5 Å². The molecule has 0 heterocycles. The first-order chi connectivity index (χ1) is 9.47. The van der Waals surface area contributed by atoms with Gasteiger partial charge in [0.25, 0.3) is 0 Å². The van der Waals surface area contributed by atoms with Gasteiger partial charge in [0.05, 0.1) is 0 Å². The summed E-state index contributed by atoms with van der Waals surface area (Å²) in [6.45, 7) is 4.29. The summed E-state index contributed by atoms with van der Waals surface area (Å²) in [4.78, 5) is 0. The Morgan fingerprint density at radius 3 is 2.10 bits per heavy atom. The second-order valence-electron chi connectivity index (χ2n) is 4.99. The maximum absolute atomic E-state index is 13.5. The first kappa shape index (κ1) is 14.4. The molecule has 2 aromatic rings. The van der Waals surface area contributed by atoms with Gasteiger partial charge in [-0.15, -0.1) is 0 Å². The van der Waals surface area contributed by atoms with Crippen molar-refractivity contribution in [1.82, 2.24) is 0 Å². The van der Waals surface area contributed by atoms with Gasteiger partial charge >= 0.3 is 0 Å². The molecule has 1 N–H and O–H groups in total. The van der Waals surface area contributed by atoms with E-state index in [9.17, 15) is 13.2 Å². The van der Waals surface area contributed by atoms with Gasteiger partial charge < -0.3 is 5.32 Å². The molecule has 0 spiro atoms. The Hall–Kier alpha value is -1.97. The number of halogens is 3. The van der Waals surface area contributed by atoms with E-state index in [1.165, 1.54) is 5.56 Å². The molecule has 2 aromatic carbocycles. The van der Waals surface area contributed by atoms with E-state index in [1.807, 2.05) is 24.3 Å². The van der Waals surface area contributed by atoms with E-state index >= 15 is 0 Å². The van der Waals surface area contributed by atoms with Gasteiger partial charge in [0, 0.05) is 23.9 Å². The molecule has 0 saturated heterocycles. The molecule has 0 radical (unpaired) electrons. The zero-order chi connectivity index (χ0) is 14.7. The van der Waals surface area contributed by atoms with Gasteiger partial charge in [-0.05, 0) is 29.7 Å². The average molecular weight is 279 g/mol. The van der Waals surface area contributed by atoms with Gasteiger partial charge in [-0.25, -0.2) is 13.2 Å². The molecule has 0 unspecified atom stereocenters. The van der Waals surface area contributed by atoms with Crippen LogP contribution in [0.2, 0.25) is 0 Å². The molecule has 0 aliphatic heterocycles. The summed E-state index contributed by atoms with van der Waals surface area (Å²) in [5.74, 6) is -2.53. The van der Waals surface area contributed by atoms with Gasteiger partial charge in [0.15, 0.2) is 11.6 Å². The van der Waals surface area contributed by atoms with Gasteiger partial charge in [-0.2, -0.15) is 0 Å². The van der Waals surface area contributed by atoms with Crippen molar-refractivity contribution in [3.63, 3.8) is 0 Å². The highest BCUT2D eigenvalue weighted by Crippen LogP contribution is 2.19. The molecule has 0 aromatic heterocycles. The van der Waals surface area contributed by atoms with Crippen molar-refractivity contribution < 1.29 is 13.2 Å². The van der Waals surface area contributed by atoms with E-state index in [-0.39, 0.29) is 12.1 Å². The Bertz CT molecular complexity index is 591. The van der Waals surface area contributed by atoms with Crippen LogP contribution in [-0.2, 0) is 6.54 Å². The van der Waals surface area contributed by atoms with Crippen molar-refractivity contribution in [3.05, 3.63) is 65.0 Å². The second-order valence-corrected chi connectivity index (χ2v) is 4.99. The number of rotatable bonds is 4. The van der Waals surface area contributed by atoms with E-state index in [4.69, 9.17) is 0 Å². The fraction of sp³-hybridized carbons (Fsp3) is 0.250. The number of anilines is 1. The molecule has 0 aliphatic carbocycles. The highest BCUT2D eigenvalue weighted by Gasteiger charge is 2.09. The topological polar surface area (TPSA) is 12.0 Å². The molecule has 0 amide bonds. The minimum absolute atomic E-state index is 0.0943. The summed E-state index contributed by atoms with van der Waals surface area (Å²) in [5.41, 5.74) is 2.10. The fourth-order valence-electron chi connectivity index (χ4n) is 1.88. The number of nitrogens with one attached hydrogen (secondary N) is 1. The summed E-state index contributed by atoms with van der Waals surface area (Å²) >= 11 is 0. The standard InChI is InChI=1S/C16H16F3N/c1-10(2)11-3-5-13(6-4-11)20-9-12-7-15(18)16(19)8-14(12)17/h3-8,10,20H,9H2,1-2H3. The Labute approximate surface area is 116 Å². The predicted molar refractivity (Wildman–Crippen MR) is 74.2 cm³/mol. The lowest BCUT2D eigenvalue weighted by molar-refractivity contribution is 0.490. The second kappa shape index (κ2) is 5.99. The predicted octanol–water partition coefficient (Wildman–Crippen LogP) is 4.84. The molecule has 0 aliphatic rings. The molecule has 106 valence electrons. The molecule has 4 heteroatoms. The fourth-order valence-corrected chi connectivity index (χ4v) is 1.88. The molecular weight excluding hydrogens is 263 g/mol. The Morgan fingerprint density at radius 2 is 1.50 bits per heavy atom. The maximum atomic E-state index is 13.5. The molecule has 0 atom stereocenters. The van der Waals surface area contributed by atoms with Crippen LogP contribution in [0.3, 0.4) is 0 Å². The normalized spacial score (nSPS) is 10.9. The third kappa shape index (κ3) is 3.32. The maximum Gasteiger partial charge on any atom is 0.161 e. The van der Waals surface area contributed by atoms with E-state index in [1.54, 1.807) is 0 Å². The smallest absolute Gasteiger partial charge is 0.161 e. The van der Waals surface area contributed by atoms with Crippen LogP contribution in [0.15, 0.2) is 36.4 Å². The number of hydrogen-bond acceptors (Lipinski definition) is 1. The molecule has 2 rings (SSSR count). The summed E-state index contributed by atoms with van der Waals surface area (Å²) in [7, 11) is 0. The van der Waals surface area contributed by atoms with Gasteiger partial charge in [-0.3, -0.25) is 0 Å². The van der Waals surface area contributed by atoms with Crippen LogP contribution in [0.1, 0.15) is 30.9 Å². The minimum atomic E-state index is -1.17. The van der Waals surface area contributed by atoms with Gasteiger partial charge in [0.2, 0.25) is 0 Å². The highest BCUT2D eigenvalue weighted by atomic mass is 19.2. The van der Waals surface area contributed by atoms with Crippen LogP contribution in [-0.4, -0.2) is 0 Å². The van der Waals surface area contributed by atoms with Crippen LogP contribution in [0.4, 0.5) is 18.9 Å². The average Bonchev–Trinajstić information content (AvgIpc) is 2.42. The van der Waals surface area contributed by atoms with Crippen molar-refractivity contribution >= 4 is 5.69 Å². The van der Waals surface area contributed by atoms with Crippen molar-refractivity contribution in [2.24, 2.45) is 0 Å². The van der Waals surface area contributed by atoms with E-state index in [2.05, 4.69) is 19.2 Å². The lowest BCUT2D eigenvalue weighted by Crippen LogP contribution is -2.03. The van der Waals surface area contributed by atoms with Crippen LogP contribution >= 0.6 is 0 Å². The van der Waals surface area contributed by atoms with Crippen LogP contribution < -0.4 is 5.32 Å². The molecule has 0 saturated carbocycles. The Balaban J connectivity index is 2.07. The van der Waals surface area contributed by atoms with Crippen LogP contribution in [0.25, 0.3) is 0 Å². The quantitative estimate of drug-likeness (QED) is 0.790. The zero-order valence-electron chi connectivity index (χ0n) is 11.4. The molecule has 20 heavy (non-hydrogen) atoms. The number of hydrogen-bond donors (Lipinski definition) is 1. The van der Waals surface area contributed by atoms with Gasteiger partial charge in [-0.1, -0.05) is 26.0 Å². The van der Waals surface area contributed by atoms with Crippen molar-refractivity contribution in [1.29, 1.82) is 0 Å². The lowest BCUT2D eigenvalue weighted by atomic mass is 10.0. The van der Waals surface area contributed by atoms with Crippen molar-refractivity contribution in [2.75, 3.05) is 5.32 Å². The highest BCUT2D eigenvalue weighted by molar-refractivity contribution is 5.45. The first-order valence-electron chi connectivity index (χ1n) is 6.44. The van der Waals surface area contributed by atoms with Gasteiger partial charge in [0.1, 0.15) is 5.82 Å². The first-order valence-corrected chi connectivity index (χ1v) is 6.44. The Kier molecular flexibility index (Phi) is 4.32. The SMILES string of the molecule is CC(C)c1ccc(NCc2cc(F)c(F)cc2F)cc1. The van der Waals surface area contributed by atoms with Crippen LogP contribution in [0.5, 0.6) is 0 Å². The molecular formula is C16H16F3N. The lowest BCUT2D eigenvalue weighted by Gasteiger charge is -2.10. The summed E-state index contributed by atoms with van der Waals surface area (Å²) < 4.78 is 39.3. The summed E-state index contributed by atoms with van der Waals surface area (Å²) in [6.07, 6.45) is 0. The molecule has 1 nitrogen and oxygen atoms in total. The summed E-state index contributed by atoms with van der Waals surface area (Å²) in [5, 5.41) is 2.99. The Morgan fingerprint density at radius 1 is 0.900 bits per heavy atom. The third-order valence-corrected chi connectivity index (χ3v) is 3.15. The zero-order valence-corrected chi connectivity index (χ0v) is 11.4. The van der Waals surface area contributed by atoms with Crippen molar-refractivity contribution in [2.45, 2.75) is 26.3 Å². The van der Waals surface area contributed by atoms with E-state index in [0.717, 1.165) is 11.8 Å². The summed E-state index contributed by atoms with van der Waals surface area (Å²) in [6, 6.07) is 9.16. The largest absolute Gasteiger partial charge is 0.381 e. The van der Waals surface area contributed by atoms with E-state index in [0.29, 0.717) is 12.0 Å². The molecule has 0 fully saturated rings.